The molecular formula is C18H10Cl4O. The predicted molar refractivity (Wildman–Crippen MR) is 99.0 cm³/mol. The molecule has 23 heavy (non-hydrogen) atoms. The molecule has 0 fully saturated rings. The summed E-state index contributed by atoms with van der Waals surface area (Å²) in [6.45, 7) is 0. The van der Waals surface area contributed by atoms with Crippen molar-refractivity contribution in [3.05, 3.63) is 74.7 Å². The van der Waals surface area contributed by atoms with Crippen LogP contribution in [0.1, 0.15) is 0 Å². The van der Waals surface area contributed by atoms with E-state index in [1.807, 2.05) is 36.4 Å². The van der Waals surface area contributed by atoms with Crippen molar-refractivity contribution in [3.8, 4) is 28.0 Å². The van der Waals surface area contributed by atoms with Crippen LogP contribution in [0.15, 0.2) is 54.6 Å². The van der Waals surface area contributed by atoms with Crippen LogP contribution in [0.4, 0.5) is 0 Å². The number of para-hydroxylation sites is 1. The summed E-state index contributed by atoms with van der Waals surface area (Å²) in [5.74, 6) is 0.173. The Kier molecular flexibility index (Phi) is 4.74. The normalized spacial score (nSPS) is 10.8. The summed E-state index contributed by atoms with van der Waals surface area (Å²) in [5.41, 5.74) is 2.83. The standard InChI is InChI=1S/C18H10Cl4O/c19-13-9-14(20)17(21)18(22)16(13)12-7-2-1-5-10(12)11-6-3-4-8-15(11)23/h1-9,23H. The van der Waals surface area contributed by atoms with E-state index in [0.29, 0.717) is 21.2 Å². The number of rotatable bonds is 2. The van der Waals surface area contributed by atoms with E-state index in [-0.39, 0.29) is 15.8 Å². The van der Waals surface area contributed by atoms with Crippen molar-refractivity contribution in [2.24, 2.45) is 0 Å². The summed E-state index contributed by atoms with van der Waals surface area (Å²) in [6, 6.07) is 16.1. The summed E-state index contributed by atoms with van der Waals surface area (Å²) in [7, 11) is 0. The summed E-state index contributed by atoms with van der Waals surface area (Å²) < 4.78 is 0. The highest BCUT2D eigenvalue weighted by Crippen LogP contribution is 2.46. The third-order valence-electron chi connectivity index (χ3n) is 3.50. The zero-order valence-corrected chi connectivity index (χ0v) is 14.7. The molecule has 116 valence electrons. The maximum atomic E-state index is 10.2. The topological polar surface area (TPSA) is 20.2 Å². The molecule has 3 aromatic rings. The van der Waals surface area contributed by atoms with E-state index in [0.717, 1.165) is 11.1 Å². The number of halogens is 4. The molecule has 0 heterocycles. The molecule has 0 aliphatic heterocycles. The first-order chi connectivity index (χ1) is 11.0. The number of hydrogen-bond donors (Lipinski definition) is 1. The molecule has 3 rings (SSSR count). The van der Waals surface area contributed by atoms with Crippen LogP contribution < -0.4 is 0 Å². The van der Waals surface area contributed by atoms with Crippen molar-refractivity contribution in [3.63, 3.8) is 0 Å². The van der Waals surface area contributed by atoms with Crippen LogP contribution in [-0.4, -0.2) is 5.11 Å². The first kappa shape index (κ1) is 16.5. The minimum Gasteiger partial charge on any atom is -0.507 e. The van der Waals surface area contributed by atoms with E-state index in [9.17, 15) is 5.11 Å². The molecule has 1 nitrogen and oxygen atoms in total. The lowest BCUT2D eigenvalue weighted by atomic mass is 9.94. The maximum Gasteiger partial charge on any atom is 0.123 e. The largest absolute Gasteiger partial charge is 0.507 e. The van der Waals surface area contributed by atoms with Gasteiger partial charge in [-0.1, -0.05) is 88.9 Å². The van der Waals surface area contributed by atoms with Gasteiger partial charge >= 0.3 is 0 Å². The average Bonchev–Trinajstić information content (AvgIpc) is 2.54. The third kappa shape index (κ3) is 3.02. The minimum absolute atomic E-state index is 0.173. The van der Waals surface area contributed by atoms with Gasteiger partial charge in [-0.15, -0.1) is 0 Å². The zero-order chi connectivity index (χ0) is 16.6. The number of phenolic OH excluding ortho intramolecular Hbond substituents is 1. The Bertz CT molecular complexity index is 890. The van der Waals surface area contributed by atoms with E-state index >= 15 is 0 Å². The van der Waals surface area contributed by atoms with Crippen LogP contribution in [0.2, 0.25) is 20.1 Å². The van der Waals surface area contributed by atoms with Crippen molar-refractivity contribution >= 4 is 46.4 Å². The molecule has 0 aromatic heterocycles. The van der Waals surface area contributed by atoms with E-state index in [4.69, 9.17) is 46.4 Å². The summed E-state index contributed by atoms with van der Waals surface area (Å²) in [6.07, 6.45) is 0. The summed E-state index contributed by atoms with van der Waals surface area (Å²) in [5, 5.41) is 11.4. The molecule has 0 unspecified atom stereocenters. The lowest BCUT2D eigenvalue weighted by molar-refractivity contribution is 0.477. The highest BCUT2D eigenvalue weighted by molar-refractivity contribution is 6.51. The molecule has 0 aliphatic rings. The second-order valence-corrected chi connectivity index (χ2v) is 6.48. The fourth-order valence-electron chi connectivity index (χ4n) is 2.45. The molecule has 0 spiro atoms. The highest BCUT2D eigenvalue weighted by Gasteiger charge is 2.19. The number of aromatic hydroxyl groups is 1. The van der Waals surface area contributed by atoms with E-state index < -0.39 is 0 Å². The Labute approximate surface area is 154 Å². The van der Waals surface area contributed by atoms with Gasteiger partial charge in [-0.3, -0.25) is 0 Å². The van der Waals surface area contributed by atoms with Crippen molar-refractivity contribution in [2.45, 2.75) is 0 Å². The van der Waals surface area contributed by atoms with Gasteiger partial charge < -0.3 is 5.11 Å². The first-order valence-electron chi connectivity index (χ1n) is 6.71. The zero-order valence-electron chi connectivity index (χ0n) is 11.7. The van der Waals surface area contributed by atoms with Crippen LogP contribution in [0, 0.1) is 0 Å². The highest BCUT2D eigenvalue weighted by atomic mass is 35.5. The van der Waals surface area contributed by atoms with Gasteiger partial charge in [0.2, 0.25) is 0 Å². The molecule has 0 aliphatic carbocycles. The Morgan fingerprint density at radius 2 is 1.17 bits per heavy atom. The predicted octanol–water partition coefficient (Wildman–Crippen LogP) is 7.34. The van der Waals surface area contributed by atoms with E-state index in [1.165, 1.54) is 0 Å². The molecule has 0 bridgehead atoms. The number of hydrogen-bond acceptors (Lipinski definition) is 1. The Hall–Kier alpha value is -1.38. The third-order valence-corrected chi connectivity index (χ3v) is 5.06. The fraction of sp³-hybridized carbons (Fsp3) is 0. The molecule has 0 saturated heterocycles. The maximum absolute atomic E-state index is 10.2. The lowest BCUT2D eigenvalue weighted by Crippen LogP contribution is -1.89. The minimum atomic E-state index is 0.173. The average molecular weight is 384 g/mol. The SMILES string of the molecule is Oc1ccccc1-c1ccccc1-c1c(Cl)cc(Cl)c(Cl)c1Cl. The fourth-order valence-corrected chi connectivity index (χ4v) is 3.57. The monoisotopic (exact) mass is 382 g/mol. The van der Waals surface area contributed by atoms with Gasteiger partial charge in [0.1, 0.15) is 5.75 Å². The lowest BCUT2D eigenvalue weighted by Gasteiger charge is -2.15. The summed E-state index contributed by atoms with van der Waals surface area (Å²) in [4.78, 5) is 0. The smallest absolute Gasteiger partial charge is 0.123 e. The van der Waals surface area contributed by atoms with Crippen LogP contribution in [0.3, 0.4) is 0 Å². The Morgan fingerprint density at radius 1 is 0.609 bits per heavy atom. The molecule has 5 heteroatoms. The molecule has 3 aromatic carbocycles. The van der Waals surface area contributed by atoms with Gasteiger partial charge in [0, 0.05) is 11.1 Å². The molecule has 0 atom stereocenters. The van der Waals surface area contributed by atoms with Crippen LogP contribution in [0.5, 0.6) is 5.75 Å². The second kappa shape index (κ2) is 6.62. The second-order valence-electron chi connectivity index (χ2n) is 4.91. The molecule has 1 N–H and O–H groups in total. The van der Waals surface area contributed by atoms with Crippen LogP contribution in [0.25, 0.3) is 22.3 Å². The van der Waals surface area contributed by atoms with Crippen molar-refractivity contribution < 1.29 is 5.11 Å². The quantitative estimate of drug-likeness (QED) is 0.362. The van der Waals surface area contributed by atoms with Gasteiger partial charge in [0.05, 0.1) is 20.1 Å². The summed E-state index contributed by atoms with van der Waals surface area (Å²) >= 11 is 24.9. The van der Waals surface area contributed by atoms with E-state index in [1.54, 1.807) is 18.2 Å². The van der Waals surface area contributed by atoms with Gasteiger partial charge in [0.15, 0.2) is 0 Å². The van der Waals surface area contributed by atoms with Gasteiger partial charge in [-0.25, -0.2) is 0 Å². The van der Waals surface area contributed by atoms with E-state index in [2.05, 4.69) is 0 Å². The first-order valence-corrected chi connectivity index (χ1v) is 8.22. The van der Waals surface area contributed by atoms with Crippen molar-refractivity contribution in [2.75, 3.05) is 0 Å². The van der Waals surface area contributed by atoms with Gasteiger partial charge in [-0.2, -0.15) is 0 Å². The Morgan fingerprint density at radius 3 is 1.83 bits per heavy atom. The van der Waals surface area contributed by atoms with Crippen molar-refractivity contribution in [1.29, 1.82) is 0 Å². The number of phenols is 1. The Balaban J connectivity index is 2.33. The molecule has 0 saturated carbocycles. The molecule has 0 amide bonds. The molecular weight excluding hydrogens is 374 g/mol. The number of benzene rings is 3. The van der Waals surface area contributed by atoms with Crippen LogP contribution >= 0.6 is 46.4 Å². The molecule has 0 radical (unpaired) electrons. The van der Waals surface area contributed by atoms with Gasteiger partial charge in [0.25, 0.3) is 0 Å². The van der Waals surface area contributed by atoms with Gasteiger partial charge in [-0.05, 0) is 23.3 Å². The van der Waals surface area contributed by atoms with Crippen molar-refractivity contribution in [1.82, 2.24) is 0 Å². The van der Waals surface area contributed by atoms with Crippen LogP contribution in [-0.2, 0) is 0 Å².